The summed E-state index contributed by atoms with van der Waals surface area (Å²) in [7, 11) is 1.29. The molecule has 2 aliphatic heterocycles. The number of aryl methyl sites for hydroxylation is 1. The van der Waals surface area contributed by atoms with Gasteiger partial charge in [0.25, 0.3) is 11.8 Å². The monoisotopic (exact) mass is 482 g/mol. The van der Waals surface area contributed by atoms with E-state index in [9.17, 15) is 19.5 Å². The van der Waals surface area contributed by atoms with Crippen LogP contribution in [0, 0.1) is 0 Å². The number of anilines is 1. The molecule has 176 valence electrons. The molecule has 3 N–H and O–H groups in total. The van der Waals surface area contributed by atoms with Crippen LogP contribution in [-0.4, -0.2) is 52.6 Å². The molecule has 1 fully saturated rings. The fourth-order valence-corrected chi connectivity index (χ4v) is 5.51. The average molecular weight is 483 g/mol. The quantitative estimate of drug-likeness (QED) is 0.231. The van der Waals surface area contributed by atoms with Crippen molar-refractivity contribution >= 4 is 45.7 Å². The summed E-state index contributed by atoms with van der Waals surface area (Å²) in [6, 6.07) is 2.53. The van der Waals surface area contributed by atoms with Gasteiger partial charge < -0.3 is 25.8 Å². The first-order chi connectivity index (χ1) is 16.4. The van der Waals surface area contributed by atoms with Gasteiger partial charge in [0.05, 0.1) is 12.0 Å². The number of carbonyl (C=O) groups is 3. The predicted molar refractivity (Wildman–Crippen MR) is 119 cm³/mol. The van der Waals surface area contributed by atoms with Crippen molar-refractivity contribution in [1.29, 1.82) is 0 Å². The van der Waals surface area contributed by atoms with Crippen molar-refractivity contribution in [2.75, 3.05) is 12.8 Å². The largest absolute Gasteiger partial charge is 0.543 e. The number of hydrogen-bond acceptors (Lipinski definition) is 9. The molecule has 2 atom stereocenters. The zero-order chi connectivity index (χ0) is 24.0. The Morgan fingerprint density at radius 2 is 2.21 bits per heavy atom. The van der Waals surface area contributed by atoms with Gasteiger partial charge >= 0.3 is 0 Å². The maximum Gasteiger partial charge on any atom is 0.276 e. The number of nitrogens with two attached hydrogens (primary N) is 1. The minimum Gasteiger partial charge on any atom is -0.543 e. The number of carboxylic acids is 1. The van der Waals surface area contributed by atoms with Crippen LogP contribution in [0.3, 0.4) is 0 Å². The van der Waals surface area contributed by atoms with E-state index < -0.39 is 29.9 Å². The molecule has 2 amide bonds. The van der Waals surface area contributed by atoms with Crippen LogP contribution in [0.1, 0.15) is 36.2 Å². The highest BCUT2D eigenvalue weighted by molar-refractivity contribution is 7.13. The highest BCUT2D eigenvalue weighted by atomic mass is 32.1. The van der Waals surface area contributed by atoms with Gasteiger partial charge in [0.1, 0.15) is 24.5 Å². The van der Waals surface area contributed by atoms with Crippen molar-refractivity contribution < 1.29 is 28.9 Å². The molecule has 0 aromatic carbocycles. The zero-order valence-electron chi connectivity index (χ0n) is 18.3. The number of carbonyl (C=O) groups excluding carboxylic acids is 3. The molecule has 0 radical (unpaired) electrons. The highest BCUT2D eigenvalue weighted by Gasteiger charge is 2.54. The molecule has 0 spiro atoms. The fourth-order valence-electron chi connectivity index (χ4n) is 4.96. The molecule has 1 aliphatic carbocycles. The van der Waals surface area contributed by atoms with Crippen molar-refractivity contribution in [2.24, 2.45) is 5.16 Å². The molecule has 0 unspecified atom stereocenters. The van der Waals surface area contributed by atoms with Gasteiger partial charge in [0.2, 0.25) is 5.70 Å². The van der Waals surface area contributed by atoms with E-state index in [0.29, 0.717) is 18.5 Å². The summed E-state index contributed by atoms with van der Waals surface area (Å²) < 4.78 is 1.89. The maximum absolute atomic E-state index is 13.1. The lowest BCUT2D eigenvalue weighted by Gasteiger charge is -2.50. The number of aliphatic carboxylic acids is 1. The summed E-state index contributed by atoms with van der Waals surface area (Å²) in [4.78, 5) is 48.1. The third kappa shape index (κ3) is 3.50. The number of nitrogen functional groups attached to an aromatic ring is 1. The first-order valence-corrected chi connectivity index (χ1v) is 11.7. The van der Waals surface area contributed by atoms with Gasteiger partial charge in [-0.1, -0.05) is 5.16 Å². The van der Waals surface area contributed by atoms with Gasteiger partial charge in [-0.05, 0) is 25.3 Å². The molecular formula is C22H22N6O5S. The van der Waals surface area contributed by atoms with E-state index in [2.05, 4.69) is 15.5 Å². The van der Waals surface area contributed by atoms with Crippen LogP contribution in [0.15, 0.2) is 34.6 Å². The third-order valence-corrected chi connectivity index (χ3v) is 7.07. The lowest BCUT2D eigenvalue weighted by molar-refractivity contribution is -0.593. The van der Waals surface area contributed by atoms with Gasteiger partial charge in [-0.3, -0.25) is 14.5 Å². The number of fused-ring (bicyclic) bond motifs is 2. The number of oxime groups is 1. The molecule has 0 saturated carbocycles. The normalized spacial score (nSPS) is 21.6. The number of rotatable bonds is 6. The van der Waals surface area contributed by atoms with E-state index in [1.165, 1.54) is 17.6 Å². The lowest BCUT2D eigenvalue weighted by Crippen LogP contribution is -2.73. The molecule has 2 aromatic heterocycles. The molecule has 34 heavy (non-hydrogen) atoms. The van der Waals surface area contributed by atoms with E-state index in [1.807, 2.05) is 22.9 Å². The minimum atomic E-state index is -1.42. The van der Waals surface area contributed by atoms with Gasteiger partial charge in [-0.2, -0.15) is 4.57 Å². The standard InChI is InChI=1S/C22H22N6O5S/c1-33-26-16(12-10-34-22(23)24-12)19(29)25-17-14-7-8-15(18(21(31)32)28(14)20(17)30)27-9-3-5-11-4-2-6-13(11)27/h3,5,9-10,14,17H,2,4,6-8H2,1H3,(H3-,23,24,25,29,31,32)/b26-16+/t14-,17+/m1/s1. The summed E-state index contributed by atoms with van der Waals surface area (Å²) >= 11 is 1.14. The number of aromatic nitrogens is 2. The number of β-lactam (4-membered cyclic amide) rings is 1. The SMILES string of the molecule is CO/N=C(/C(=O)N[C@@H]1C(=O)N2C(C(=O)[O-])=C([n+]3cccc4c3CCC4)CC[C@H]12)c1csc(N)n1. The summed E-state index contributed by atoms with van der Waals surface area (Å²) in [5.41, 5.74) is 8.39. The Morgan fingerprint density at radius 3 is 2.91 bits per heavy atom. The second-order valence-corrected chi connectivity index (χ2v) is 9.13. The minimum absolute atomic E-state index is 0.121. The van der Waals surface area contributed by atoms with Crippen LogP contribution < -0.4 is 20.7 Å². The van der Waals surface area contributed by atoms with E-state index in [0.717, 1.165) is 36.3 Å². The van der Waals surface area contributed by atoms with Gasteiger partial charge in [0, 0.05) is 29.9 Å². The molecular weight excluding hydrogens is 460 g/mol. The van der Waals surface area contributed by atoms with Gasteiger partial charge in [0.15, 0.2) is 22.7 Å². The zero-order valence-corrected chi connectivity index (χ0v) is 19.1. The molecule has 11 nitrogen and oxygen atoms in total. The summed E-state index contributed by atoms with van der Waals surface area (Å²) in [5.74, 6) is -2.59. The van der Waals surface area contributed by atoms with Crippen LogP contribution in [-0.2, 0) is 32.1 Å². The molecule has 1 saturated heterocycles. The maximum atomic E-state index is 13.1. The van der Waals surface area contributed by atoms with Crippen LogP contribution in [0.4, 0.5) is 5.13 Å². The van der Waals surface area contributed by atoms with Crippen molar-refractivity contribution in [2.45, 2.75) is 44.2 Å². The van der Waals surface area contributed by atoms with Gasteiger partial charge in [-0.25, -0.2) is 4.98 Å². The van der Waals surface area contributed by atoms with E-state index in [-0.39, 0.29) is 22.2 Å². The Hall–Kier alpha value is -3.80. The second kappa shape index (κ2) is 8.52. The predicted octanol–water partition coefficient (Wildman–Crippen LogP) is -1.04. The van der Waals surface area contributed by atoms with Crippen LogP contribution in [0.5, 0.6) is 0 Å². The number of amides is 2. The average Bonchev–Trinajstić information content (AvgIpc) is 3.48. The van der Waals surface area contributed by atoms with E-state index >= 15 is 0 Å². The van der Waals surface area contributed by atoms with Gasteiger partial charge in [-0.15, -0.1) is 11.3 Å². The van der Waals surface area contributed by atoms with Crippen molar-refractivity contribution in [3.05, 3.63) is 46.4 Å². The smallest absolute Gasteiger partial charge is 0.276 e. The summed E-state index contributed by atoms with van der Waals surface area (Å²) in [6.07, 6.45) is 5.53. The first kappa shape index (κ1) is 22.0. The third-order valence-electron chi connectivity index (χ3n) is 6.40. The molecule has 2 aromatic rings. The number of thiazole rings is 1. The molecule has 0 bridgehead atoms. The van der Waals surface area contributed by atoms with Crippen LogP contribution >= 0.6 is 11.3 Å². The Labute approximate surface area is 198 Å². The number of nitrogens with zero attached hydrogens (tertiary/aromatic N) is 4. The van der Waals surface area contributed by atoms with Crippen molar-refractivity contribution in [1.82, 2.24) is 15.2 Å². The number of hydrogen-bond donors (Lipinski definition) is 2. The van der Waals surface area contributed by atoms with E-state index in [1.54, 1.807) is 5.38 Å². The Balaban J connectivity index is 1.42. The van der Waals surface area contributed by atoms with Crippen LogP contribution in [0.2, 0.25) is 0 Å². The molecule has 4 heterocycles. The first-order valence-electron chi connectivity index (χ1n) is 10.8. The van der Waals surface area contributed by atoms with Crippen molar-refractivity contribution in [3.8, 4) is 0 Å². The molecule has 3 aliphatic rings. The number of carboxylic acid groups (broad SMARTS) is 1. The second-order valence-electron chi connectivity index (χ2n) is 8.25. The summed E-state index contributed by atoms with van der Waals surface area (Å²) in [5, 5.41) is 20.4. The lowest BCUT2D eigenvalue weighted by atomic mass is 9.85. The van der Waals surface area contributed by atoms with Crippen molar-refractivity contribution in [3.63, 3.8) is 0 Å². The number of allylic oxidation sites excluding steroid dienone is 1. The topological polar surface area (TPSA) is 154 Å². The molecule has 12 heteroatoms. The fraction of sp³-hybridized carbons (Fsp3) is 0.364. The Kier molecular flexibility index (Phi) is 5.52. The Bertz CT molecular complexity index is 1270. The molecule has 5 rings (SSSR count). The van der Waals surface area contributed by atoms with E-state index in [4.69, 9.17) is 10.6 Å². The number of pyridine rings is 1. The van der Waals surface area contributed by atoms with Crippen LogP contribution in [0.25, 0.3) is 5.70 Å². The Morgan fingerprint density at radius 1 is 1.38 bits per heavy atom. The highest BCUT2D eigenvalue weighted by Crippen LogP contribution is 2.37. The number of nitrogens with one attached hydrogen (secondary N) is 1. The summed E-state index contributed by atoms with van der Waals surface area (Å²) in [6.45, 7) is 0.